The summed E-state index contributed by atoms with van der Waals surface area (Å²) in [6.45, 7) is 0. The summed E-state index contributed by atoms with van der Waals surface area (Å²) in [5.41, 5.74) is 3.76. The van der Waals surface area contributed by atoms with Gasteiger partial charge in [-0.15, -0.1) is 0 Å². The minimum absolute atomic E-state index is 0.274. The summed E-state index contributed by atoms with van der Waals surface area (Å²) in [7, 11) is 0. The molecule has 0 unspecified atom stereocenters. The van der Waals surface area contributed by atoms with Crippen molar-refractivity contribution in [3.05, 3.63) is 71.8 Å². The molecule has 1 aliphatic rings. The number of amides is 2. The molecule has 4 rings (SSSR count). The van der Waals surface area contributed by atoms with Crippen LogP contribution in [0.4, 0.5) is 16.2 Å². The third kappa shape index (κ3) is 3.35. The predicted molar refractivity (Wildman–Crippen MR) is 101 cm³/mol. The molecule has 25 heavy (non-hydrogen) atoms. The zero-order valence-electron chi connectivity index (χ0n) is 13.8. The number of nitrogens with one attached hydrogen (secondary N) is 2. The van der Waals surface area contributed by atoms with E-state index in [4.69, 9.17) is 0 Å². The SMILES string of the molecule is O=C(Nc1ccc2ccccc2c1)Nc1cccc2c1C[C@H](O)CC2. The number of hydrogen-bond donors (Lipinski definition) is 3. The molecule has 4 nitrogen and oxygen atoms in total. The highest BCUT2D eigenvalue weighted by atomic mass is 16.3. The molecule has 3 aromatic carbocycles. The summed E-state index contributed by atoms with van der Waals surface area (Å²) in [4.78, 5) is 12.4. The van der Waals surface area contributed by atoms with Crippen LogP contribution in [0.15, 0.2) is 60.7 Å². The van der Waals surface area contributed by atoms with E-state index in [0.717, 1.165) is 40.6 Å². The summed E-state index contributed by atoms with van der Waals surface area (Å²) in [6, 6.07) is 19.5. The molecular formula is C21H20N2O2. The lowest BCUT2D eigenvalue weighted by Crippen LogP contribution is -2.24. The fraction of sp³-hybridized carbons (Fsp3) is 0.190. The molecule has 0 aliphatic heterocycles. The normalized spacial score (nSPS) is 16.3. The Morgan fingerprint density at radius 2 is 1.80 bits per heavy atom. The van der Waals surface area contributed by atoms with Crippen LogP contribution in [0.5, 0.6) is 0 Å². The summed E-state index contributed by atoms with van der Waals surface area (Å²) < 4.78 is 0. The van der Waals surface area contributed by atoms with Gasteiger partial charge in [0.2, 0.25) is 0 Å². The number of fused-ring (bicyclic) bond motifs is 2. The second-order valence-electron chi connectivity index (χ2n) is 6.48. The highest BCUT2D eigenvalue weighted by Gasteiger charge is 2.19. The highest BCUT2D eigenvalue weighted by molar-refractivity contribution is 6.01. The number of rotatable bonds is 2. The van der Waals surface area contributed by atoms with Gasteiger partial charge in [0.05, 0.1) is 6.10 Å². The fourth-order valence-electron chi connectivity index (χ4n) is 3.44. The van der Waals surface area contributed by atoms with Crippen LogP contribution in [0.2, 0.25) is 0 Å². The number of hydrogen-bond acceptors (Lipinski definition) is 2. The predicted octanol–water partition coefficient (Wildman–Crippen LogP) is 4.33. The van der Waals surface area contributed by atoms with Gasteiger partial charge >= 0.3 is 6.03 Å². The van der Waals surface area contributed by atoms with E-state index in [-0.39, 0.29) is 12.1 Å². The average Bonchev–Trinajstić information content (AvgIpc) is 2.62. The van der Waals surface area contributed by atoms with Gasteiger partial charge in [0, 0.05) is 17.8 Å². The second kappa shape index (κ2) is 6.57. The number of carbonyl (C=O) groups is 1. The fourth-order valence-corrected chi connectivity index (χ4v) is 3.44. The van der Waals surface area contributed by atoms with E-state index < -0.39 is 0 Å². The van der Waals surface area contributed by atoms with Crippen LogP contribution < -0.4 is 10.6 Å². The van der Waals surface area contributed by atoms with Crippen LogP contribution in [0.1, 0.15) is 17.5 Å². The molecule has 0 heterocycles. The Balaban J connectivity index is 1.52. The van der Waals surface area contributed by atoms with E-state index >= 15 is 0 Å². The van der Waals surface area contributed by atoms with Crippen molar-refractivity contribution in [1.29, 1.82) is 0 Å². The van der Waals surface area contributed by atoms with Crippen LogP contribution in [-0.2, 0) is 12.8 Å². The number of carbonyl (C=O) groups excluding carboxylic acids is 1. The van der Waals surface area contributed by atoms with Crippen LogP contribution >= 0.6 is 0 Å². The van der Waals surface area contributed by atoms with Gasteiger partial charge in [0.1, 0.15) is 0 Å². The van der Waals surface area contributed by atoms with Crippen LogP contribution in [-0.4, -0.2) is 17.2 Å². The maximum absolute atomic E-state index is 12.4. The van der Waals surface area contributed by atoms with Crippen molar-refractivity contribution in [1.82, 2.24) is 0 Å². The van der Waals surface area contributed by atoms with Crippen molar-refractivity contribution >= 4 is 28.2 Å². The van der Waals surface area contributed by atoms with Crippen LogP contribution in [0.25, 0.3) is 10.8 Å². The molecule has 0 bridgehead atoms. The van der Waals surface area contributed by atoms with Gasteiger partial charge in [-0.1, -0.05) is 42.5 Å². The molecule has 0 aromatic heterocycles. The van der Waals surface area contributed by atoms with Crippen molar-refractivity contribution in [3.63, 3.8) is 0 Å². The second-order valence-corrected chi connectivity index (χ2v) is 6.48. The van der Waals surface area contributed by atoms with E-state index in [1.54, 1.807) is 0 Å². The van der Waals surface area contributed by atoms with Crippen molar-refractivity contribution in [2.75, 3.05) is 10.6 Å². The van der Waals surface area contributed by atoms with Crippen molar-refractivity contribution in [3.8, 4) is 0 Å². The van der Waals surface area contributed by atoms with E-state index in [1.165, 1.54) is 5.56 Å². The molecule has 1 atom stereocenters. The third-order valence-electron chi connectivity index (χ3n) is 4.72. The topological polar surface area (TPSA) is 61.4 Å². The minimum Gasteiger partial charge on any atom is -0.393 e. The van der Waals surface area contributed by atoms with Gasteiger partial charge in [-0.25, -0.2) is 4.79 Å². The summed E-state index contributed by atoms with van der Waals surface area (Å²) >= 11 is 0. The molecule has 3 aromatic rings. The van der Waals surface area contributed by atoms with Gasteiger partial charge in [-0.3, -0.25) is 0 Å². The largest absolute Gasteiger partial charge is 0.393 e. The Hall–Kier alpha value is -2.85. The first-order chi connectivity index (χ1) is 12.2. The molecule has 0 fully saturated rings. The Bertz CT molecular complexity index is 936. The van der Waals surface area contributed by atoms with Gasteiger partial charge in [0.25, 0.3) is 0 Å². The maximum atomic E-state index is 12.4. The van der Waals surface area contributed by atoms with Crippen molar-refractivity contribution < 1.29 is 9.90 Å². The number of benzene rings is 3. The minimum atomic E-state index is -0.334. The molecule has 0 saturated heterocycles. The standard InChI is InChI=1S/C21H20N2O2/c24-18-11-9-15-6-3-7-20(19(15)13-18)23-21(25)22-17-10-8-14-4-1-2-5-16(14)12-17/h1-8,10,12,18,24H,9,11,13H2,(H2,22,23,25)/t18-/m1/s1. The average molecular weight is 332 g/mol. The highest BCUT2D eigenvalue weighted by Crippen LogP contribution is 2.28. The van der Waals surface area contributed by atoms with Gasteiger partial charge < -0.3 is 15.7 Å². The number of urea groups is 1. The Morgan fingerprint density at radius 1 is 0.960 bits per heavy atom. The third-order valence-corrected chi connectivity index (χ3v) is 4.72. The van der Waals surface area contributed by atoms with Crippen molar-refractivity contribution in [2.24, 2.45) is 0 Å². The lowest BCUT2D eigenvalue weighted by Gasteiger charge is -2.23. The van der Waals surface area contributed by atoms with Crippen LogP contribution in [0.3, 0.4) is 0 Å². The first-order valence-corrected chi connectivity index (χ1v) is 8.55. The molecule has 4 heteroatoms. The number of aryl methyl sites for hydroxylation is 1. The monoisotopic (exact) mass is 332 g/mol. The lowest BCUT2D eigenvalue weighted by molar-refractivity contribution is 0.159. The maximum Gasteiger partial charge on any atom is 0.323 e. The van der Waals surface area contributed by atoms with Gasteiger partial charge in [0.15, 0.2) is 0 Å². The van der Waals surface area contributed by atoms with Gasteiger partial charge in [-0.2, -0.15) is 0 Å². The first kappa shape index (κ1) is 15.7. The molecule has 0 radical (unpaired) electrons. The Morgan fingerprint density at radius 3 is 2.68 bits per heavy atom. The van der Waals surface area contributed by atoms with E-state index in [9.17, 15) is 9.90 Å². The zero-order valence-corrected chi connectivity index (χ0v) is 13.8. The number of anilines is 2. The summed E-state index contributed by atoms with van der Waals surface area (Å²) in [5.74, 6) is 0. The van der Waals surface area contributed by atoms with E-state index in [2.05, 4.69) is 16.7 Å². The number of aliphatic hydroxyl groups excluding tert-OH is 1. The summed E-state index contributed by atoms with van der Waals surface area (Å²) in [6.07, 6.45) is 1.87. The molecule has 3 N–H and O–H groups in total. The molecule has 1 aliphatic carbocycles. The quantitative estimate of drug-likeness (QED) is 0.654. The van der Waals surface area contributed by atoms with Crippen molar-refractivity contribution in [2.45, 2.75) is 25.4 Å². The number of aliphatic hydroxyl groups is 1. The van der Waals surface area contributed by atoms with E-state index in [0.29, 0.717) is 6.42 Å². The Kier molecular flexibility index (Phi) is 4.12. The molecule has 0 saturated carbocycles. The molecular weight excluding hydrogens is 312 g/mol. The van der Waals surface area contributed by atoms with Crippen LogP contribution in [0, 0.1) is 0 Å². The zero-order chi connectivity index (χ0) is 17.2. The Labute approximate surface area is 146 Å². The molecule has 126 valence electrons. The van der Waals surface area contributed by atoms with E-state index in [1.807, 2.05) is 54.6 Å². The molecule has 0 spiro atoms. The summed E-state index contributed by atoms with van der Waals surface area (Å²) in [5, 5.41) is 18.0. The smallest absolute Gasteiger partial charge is 0.323 e. The lowest BCUT2D eigenvalue weighted by atomic mass is 9.88. The van der Waals surface area contributed by atoms with Gasteiger partial charge in [-0.05, 0) is 52.9 Å². The molecule has 2 amide bonds. The first-order valence-electron chi connectivity index (χ1n) is 8.55.